The van der Waals surface area contributed by atoms with Gasteiger partial charge in [-0.2, -0.15) is 0 Å². The van der Waals surface area contributed by atoms with E-state index in [1.54, 1.807) is 0 Å². The molecule has 2 aromatic carbocycles. The van der Waals surface area contributed by atoms with Crippen LogP contribution in [0.3, 0.4) is 0 Å². The van der Waals surface area contributed by atoms with Crippen LogP contribution in [0.2, 0.25) is 0 Å². The molecule has 2 aromatic rings. The maximum absolute atomic E-state index is 12.8. The number of aryl methyl sites for hydroxylation is 1. The van der Waals surface area contributed by atoms with Crippen molar-refractivity contribution in [1.29, 1.82) is 0 Å². The third-order valence-electron chi connectivity index (χ3n) is 5.11. The first-order valence-corrected chi connectivity index (χ1v) is 8.65. The largest absolute Gasteiger partial charge is 0.368 e. The maximum atomic E-state index is 12.8. The van der Waals surface area contributed by atoms with Crippen molar-refractivity contribution in [2.45, 2.75) is 20.0 Å². The van der Waals surface area contributed by atoms with E-state index in [1.807, 2.05) is 11.0 Å². The normalized spacial score (nSPS) is 17.0. The van der Waals surface area contributed by atoms with Crippen LogP contribution in [0.15, 0.2) is 42.5 Å². The van der Waals surface area contributed by atoms with Crippen molar-refractivity contribution in [1.82, 2.24) is 10.2 Å². The lowest BCUT2D eigenvalue weighted by Gasteiger charge is -2.37. The first-order chi connectivity index (χ1) is 11.7. The maximum Gasteiger partial charge on any atom is 0.253 e. The number of hydrogen-bond acceptors (Lipinski definition) is 3. The molecular weight excluding hydrogens is 298 g/mol. The lowest BCUT2D eigenvalue weighted by atomic mass is 10.1. The van der Waals surface area contributed by atoms with E-state index in [0.29, 0.717) is 0 Å². The van der Waals surface area contributed by atoms with Gasteiger partial charge in [0.05, 0.1) is 0 Å². The number of nitrogens with zero attached hydrogens (tertiary/aromatic N) is 2. The summed E-state index contributed by atoms with van der Waals surface area (Å²) in [6, 6.07) is 14.6. The average Bonchev–Trinajstić information content (AvgIpc) is 3.09. The van der Waals surface area contributed by atoms with E-state index in [9.17, 15) is 4.79 Å². The molecule has 2 aliphatic heterocycles. The van der Waals surface area contributed by atoms with Gasteiger partial charge in [0, 0.05) is 50.5 Å². The van der Waals surface area contributed by atoms with Crippen molar-refractivity contribution in [2.24, 2.45) is 0 Å². The molecule has 4 rings (SSSR count). The Kier molecular flexibility index (Phi) is 3.98. The number of benzene rings is 2. The number of amides is 1. The number of anilines is 1. The highest BCUT2D eigenvalue weighted by molar-refractivity contribution is 5.94. The Morgan fingerprint density at radius 1 is 0.958 bits per heavy atom. The van der Waals surface area contributed by atoms with Gasteiger partial charge < -0.3 is 15.1 Å². The van der Waals surface area contributed by atoms with Crippen molar-refractivity contribution >= 4 is 11.6 Å². The van der Waals surface area contributed by atoms with Gasteiger partial charge in [-0.05, 0) is 41.8 Å². The highest BCUT2D eigenvalue weighted by Crippen LogP contribution is 2.22. The molecule has 2 aliphatic rings. The van der Waals surface area contributed by atoms with Crippen LogP contribution in [-0.2, 0) is 13.1 Å². The summed E-state index contributed by atoms with van der Waals surface area (Å²) in [7, 11) is 0. The van der Waals surface area contributed by atoms with Gasteiger partial charge in [0.25, 0.3) is 5.91 Å². The van der Waals surface area contributed by atoms with Crippen LogP contribution in [0.5, 0.6) is 0 Å². The Balaban J connectivity index is 1.44. The molecule has 0 saturated carbocycles. The van der Waals surface area contributed by atoms with Crippen LogP contribution in [0.4, 0.5) is 5.69 Å². The minimum Gasteiger partial charge on any atom is -0.368 e. The first-order valence-electron chi connectivity index (χ1n) is 8.65. The topological polar surface area (TPSA) is 35.6 Å². The second-order valence-corrected chi connectivity index (χ2v) is 6.65. The number of rotatable bonds is 2. The Labute approximate surface area is 143 Å². The fourth-order valence-corrected chi connectivity index (χ4v) is 3.68. The molecule has 0 spiro atoms. The second kappa shape index (κ2) is 6.29. The van der Waals surface area contributed by atoms with Crippen molar-refractivity contribution in [3.05, 3.63) is 64.7 Å². The Bertz CT molecular complexity index is 763. The molecule has 2 heterocycles. The fourth-order valence-electron chi connectivity index (χ4n) is 3.68. The van der Waals surface area contributed by atoms with E-state index in [0.717, 1.165) is 44.8 Å². The van der Waals surface area contributed by atoms with Gasteiger partial charge in [-0.3, -0.25) is 4.79 Å². The van der Waals surface area contributed by atoms with Crippen molar-refractivity contribution in [3.8, 4) is 0 Å². The summed E-state index contributed by atoms with van der Waals surface area (Å²) in [5.74, 6) is 0.161. The average molecular weight is 321 g/mol. The number of hydrogen-bond donors (Lipinski definition) is 1. The SMILES string of the molecule is Cc1ccccc1N1CCN(C(=O)c2ccc3c(c2)CNC3)CC1. The summed E-state index contributed by atoms with van der Waals surface area (Å²) < 4.78 is 0. The molecule has 1 N–H and O–H groups in total. The van der Waals surface area contributed by atoms with E-state index in [2.05, 4.69) is 53.5 Å². The van der Waals surface area contributed by atoms with Crippen molar-refractivity contribution in [2.75, 3.05) is 31.1 Å². The Morgan fingerprint density at radius 2 is 1.71 bits per heavy atom. The Morgan fingerprint density at radius 3 is 2.50 bits per heavy atom. The lowest BCUT2D eigenvalue weighted by molar-refractivity contribution is 0.0746. The predicted octanol–water partition coefficient (Wildman–Crippen LogP) is 2.56. The molecule has 0 radical (unpaired) electrons. The molecule has 0 aliphatic carbocycles. The van der Waals surface area contributed by atoms with Gasteiger partial charge in [-0.1, -0.05) is 24.3 Å². The van der Waals surface area contributed by atoms with E-state index in [1.165, 1.54) is 22.4 Å². The number of para-hydroxylation sites is 1. The third kappa shape index (κ3) is 2.78. The summed E-state index contributed by atoms with van der Waals surface area (Å²) in [4.78, 5) is 17.2. The van der Waals surface area contributed by atoms with Gasteiger partial charge >= 0.3 is 0 Å². The molecule has 0 aromatic heterocycles. The molecule has 0 atom stereocenters. The molecule has 1 amide bonds. The van der Waals surface area contributed by atoms with Gasteiger partial charge in [0.15, 0.2) is 0 Å². The van der Waals surface area contributed by atoms with Crippen LogP contribution >= 0.6 is 0 Å². The molecule has 1 saturated heterocycles. The number of carbonyl (C=O) groups excluding carboxylic acids is 1. The molecule has 4 nitrogen and oxygen atoms in total. The van der Waals surface area contributed by atoms with Gasteiger partial charge in [-0.25, -0.2) is 0 Å². The first kappa shape index (κ1) is 15.2. The highest BCUT2D eigenvalue weighted by atomic mass is 16.2. The summed E-state index contributed by atoms with van der Waals surface area (Å²) in [6.07, 6.45) is 0. The fraction of sp³-hybridized carbons (Fsp3) is 0.350. The zero-order valence-corrected chi connectivity index (χ0v) is 14.1. The van der Waals surface area contributed by atoms with E-state index < -0.39 is 0 Å². The van der Waals surface area contributed by atoms with Gasteiger partial charge in [-0.15, -0.1) is 0 Å². The molecule has 24 heavy (non-hydrogen) atoms. The minimum atomic E-state index is 0.161. The quantitative estimate of drug-likeness (QED) is 0.923. The second-order valence-electron chi connectivity index (χ2n) is 6.65. The number of carbonyl (C=O) groups is 1. The summed E-state index contributed by atoms with van der Waals surface area (Å²) in [6.45, 7) is 7.28. The molecule has 124 valence electrons. The monoisotopic (exact) mass is 321 g/mol. The summed E-state index contributed by atoms with van der Waals surface area (Å²) >= 11 is 0. The number of piperazine rings is 1. The number of fused-ring (bicyclic) bond motifs is 1. The standard InChI is InChI=1S/C20H23N3O/c1-15-4-2-3-5-19(15)22-8-10-23(11-9-22)20(24)16-6-7-17-13-21-14-18(17)12-16/h2-7,12,21H,8-11,13-14H2,1H3. The van der Waals surface area contributed by atoms with Crippen LogP contribution < -0.4 is 10.2 Å². The van der Waals surface area contributed by atoms with Gasteiger partial charge in [0.1, 0.15) is 0 Å². The van der Waals surface area contributed by atoms with Crippen molar-refractivity contribution in [3.63, 3.8) is 0 Å². The van der Waals surface area contributed by atoms with E-state index >= 15 is 0 Å². The number of nitrogens with one attached hydrogen (secondary N) is 1. The molecule has 4 heteroatoms. The lowest BCUT2D eigenvalue weighted by Crippen LogP contribution is -2.49. The van der Waals surface area contributed by atoms with Crippen molar-refractivity contribution < 1.29 is 4.79 Å². The van der Waals surface area contributed by atoms with E-state index in [-0.39, 0.29) is 5.91 Å². The predicted molar refractivity (Wildman–Crippen MR) is 96.3 cm³/mol. The molecule has 1 fully saturated rings. The van der Waals surface area contributed by atoms with E-state index in [4.69, 9.17) is 0 Å². The summed E-state index contributed by atoms with van der Waals surface area (Å²) in [5.41, 5.74) is 5.98. The zero-order valence-electron chi connectivity index (χ0n) is 14.1. The molecule has 0 unspecified atom stereocenters. The van der Waals surface area contributed by atoms with Crippen LogP contribution in [0, 0.1) is 6.92 Å². The zero-order chi connectivity index (χ0) is 16.5. The van der Waals surface area contributed by atoms with Crippen LogP contribution in [0.1, 0.15) is 27.0 Å². The van der Waals surface area contributed by atoms with Crippen LogP contribution in [-0.4, -0.2) is 37.0 Å². The molecule has 0 bridgehead atoms. The smallest absolute Gasteiger partial charge is 0.253 e. The summed E-state index contributed by atoms with van der Waals surface area (Å²) in [5, 5.41) is 3.33. The minimum absolute atomic E-state index is 0.161. The van der Waals surface area contributed by atoms with Crippen LogP contribution in [0.25, 0.3) is 0 Å². The molecular formula is C20H23N3O. The highest BCUT2D eigenvalue weighted by Gasteiger charge is 2.23. The van der Waals surface area contributed by atoms with Gasteiger partial charge in [0.2, 0.25) is 0 Å². The Hall–Kier alpha value is -2.33. The third-order valence-corrected chi connectivity index (χ3v) is 5.11.